The van der Waals surface area contributed by atoms with Crippen molar-refractivity contribution >= 4 is 17.3 Å². The second-order valence-corrected chi connectivity index (χ2v) is 6.27. The lowest BCUT2D eigenvalue weighted by Crippen LogP contribution is -2.14. The summed E-state index contributed by atoms with van der Waals surface area (Å²) in [5.74, 6) is -0.273. The van der Waals surface area contributed by atoms with Gasteiger partial charge in [0.05, 0.1) is 6.42 Å². The van der Waals surface area contributed by atoms with Gasteiger partial charge < -0.3 is 10.6 Å². The lowest BCUT2D eigenvalue weighted by molar-refractivity contribution is -0.115. The Kier molecular flexibility index (Phi) is 5.64. The standard InChI is InChI=1S/C22H21FN2O/c1-16-3-2-4-21(13-16)25-22(26)14-17-7-11-20(12-8-17)24-15-18-5-9-19(23)10-6-18/h2-13,24H,14-15H2,1H3,(H,25,26). The molecule has 0 aromatic heterocycles. The van der Waals surface area contributed by atoms with Gasteiger partial charge in [0, 0.05) is 17.9 Å². The first-order valence-electron chi connectivity index (χ1n) is 8.52. The number of amides is 1. The molecule has 0 saturated carbocycles. The molecule has 1 amide bonds. The molecule has 4 heteroatoms. The second-order valence-electron chi connectivity index (χ2n) is 6.27. The van der Waals surface area contributed by atoms with Crippen LogP contribution in [0.3, 0.4) is 0 Å². The summed E-state index contributed by atoms with van der Waals surface area (Å²) >= 11 is 0. The number of halogens is 1. The Morgan fingerprint density at radius 1 is 0.885 bits per heavy atom. The molecule has 3 rings (SSSR count). The van der Waals surface area contributed by atoms with E-state index in [2.05, 4.69) is 10.6 Å². The highest BCUT2D eigenvalue weighted by Gasteiger charge is 2.05. The predicted octanol–water partition coefficient (Wildman–Crippen LogP) is 4.93. The van der Waals surface area contributed by atoms with E-state index in [9.17, 15) is 9.18 Å². The van der Waals surface area contributed by atoms with Crippen molar-refractivity contribution in [1.29, 1.82) is 0 Å². The first kappa shape index (κ1) is 17.7. The quantitative estimate of drug-likeness (QED) is 0.663. The van der Waals surface area contributed by atoms with Crippen LogP contribution < -0.4 is 10.6 Å². The van der Waals surface area contributed by atoms with Crippen molar-refractivity contribution in [2.75, 3.05) is 10.6 Å². The molecule has 0 heterocycles. The topological polar surface area (TPSA) is 41.1 Å². The van der Waals surface area contributed by atoms with Gasteiger partial charge in [0.1, 0.15) is 5.82 Å². The molecule has 3 aromatic rings. The molecule has 0 atom stereocenters. The summed E-state index contributed by atoms with van der Waals surface area (Å²) in [7, 11) is 0. The van der Waals surface area contributed by atoms with E-state index in [1.165, 1.54) is 12.1 Å². The Labute approximate surface area is 152 Å². The molecule has 0 radical (unpaired) electrons. The zero-order chi connectivity index (χ0) is 18.4. The SMILES string of the molecule is Cc1cccc(NC(=O)Cc2ccc(NCc3ccc(F)cc3)cc2)c1. The average Bonchev–Trinajstić information content (AvgIpc) is 2.62. The van der Waals surface area contributed by atoms with E-state index < -0.39 is 0 Å². The number of benzene rings is 3. The van der Waals surface area contributed by atoms with E-state index in [1.807, 2.05) is 55.5 Å². The number of carbonyl (C=O) groups excluding carboxylic acids is 1. The van der Waals surface area contributed by atoms with E-state index in [0.717, 1.165) is 28.1 Å². The highest BCUT2D eigenvalue weighted by Crippen LogP contribution is 2.14. The molecule has 0 aliphatic carbocycles. The van der Waals surface area contributed by atoms with Gasteiger partial charge in [-0.3, -0.25) is 4.79 Å². The molecule has 0 aliphatic rings. The van der Waals surface area contributed by atoms with Crippen LogP contribution >= 0.6 is 0 Å². The Hall–Kier alpha value is -3.14. The van der Waals surface area contributed by atoms with Crippen LogP contribution in [0.2, 0.25) is 0 Å². The van der Waals surface area contributed by atoms with Crippen molar-refractivity contribution in [2.45, 2.75) is 19.9 Å². The number of carbonyl (C=O) groups is 1. The lowest BCUT2D eigenvalue weighted by Gasteiger charge is -2.09. The number of hydrogen-bond donors (Lipinski definition) is 2. The molecule has 0 aliphatic heterocycles. The van der Waals surface area contributed by atoms with Crippen LogP contribution in [-0.4, -0.2) is 5.91 Å². The molecule has 0 saturated heterocycles. The van der Waals surface area contributed by atoms with Crippen molar-refractivity contribution < 1.29 is 9.18 Å². The van der Waals surface area contributed by atoms with Gasteiger partial charge in [-0.25, -0.2) is 4.39 Å². The van der Waals surface area contributed by atoms with Crippen LogP contribution in [0.15, 0.2) is 72.8 Å². The molecule has 132 valence electrons. The van der Waals surface area contributed by atoms with E-state index in [1.54, 1.807) is 12.1 Å². The molecule has 3 nitrogen and oxygen atoms in total. The monoisotopic (exact) mass is 348 g/mol. The van der Waals surface area contributed by atoms with Crippen molar-refractivity contribution in [2.24, 2.45) is 0 Å². The first-order valence-corrected chi connectivity index (χ1v) is 8.52. The van der Waals surface area contributed by atoms with Crippen LogP contribution in [0.4, 0.5) is 15.8 Å². The third-order valence-corrected chi connectivity index (χ3v) is 4.03. The number of hydrogen-bond acceptors (Lipinski definition) is 2. The first-order chi connectivity index (χ1) is 12.6. The maximum Gasteiger partial charge on any atom is 0.228 e. The van der Waals surface area contributed by atoms with Gasteiger partial charge >= 0.3 is 0 Å². The molecular formula is C22H21FN2O. The molecule has 0 bridgehead atoms. The van der Waals surface area contributed by atoms with E-state index in [-0.39, 0.29) is 11.7 Å². The summed E-state index contributed by atoms with van der Waals surface area (Å²) < 4.78 is 12.9. The third kappa shape index (κ3) is 5.18. The van der Waals surface area contributed by atoms with Gasteiger partial charge in [-0.2, -0.15) is 0 Å². The highest BCUT2D eigenvalue weighted by atomic mass is 19.1. The second kappa shape index (κ2) is 8.30. The zero-order valence-electron chi connectivity index (χ0n) is 14.6. The van der Waals surface area contributed by atoms with Crippen LogP contribution in [0.1, 0.15) is 16.7 Å². The zero-order valence-corrected chi connectivity index (χ0v) is 14.6. The fourth-order valence-electron chi connectivity index (χ4n) is 2.66. The van der Waals surface area contributed by atoms with Crippen molar-refractivity contribution in [1.82, 2.24) is 0 Å². The van der Waals surface area contributed by atoms with Crippen LogP contribution in [0, 0.1) is 12.7 Å². The maximum atomic E-state index is 12.9. The molecule has 0 spiro atoms. The van der Waals surface area contributed by atoms with Crippen LogP contribution in [0.5, 0.6) is 0 Å². The molecular weight excluding hydrogens is 327 g/mol. The number of rotatable bonds is 6. The Balaban J connectivity index is 1.52. The fraction of sp³-hybridized carbons (Fsp3) is 0.136. The van der Waals surface area contributed by atoms with E-state index >= 15 is 0 Å². The lowest BCUT2D eigenvalue weighted by atomic mass is 10.1. The number of nitrogens with one attached hydrogen (secondary N) is 2. The minimum atomic E-state index is -0.234. The highest BCUT2D eigenvalue weighted by molar-refractivity contribution is 5.92. The third-order valence-electron chi connectivity index (χ3n) is 4.03. The predicted molar refractivity (Wildman–Crippen MR) is 104 cm³/mol. The van der Waals surface area contributed by atoms with Crippen LogP contribution in [0.25, 0.3) is 0 Å². The number of anilines is 2. The molecule has 0 fully saturated rings. The summed E-state index contributed by atoms with van der Waals surface area (Å²) in [5.41, 5.74) is 4.83. The summed E-state index contributed by atoms with van der Waals surface area (Å²) in [5, 5.41) is 6.20. The summed E-state index contributed by atoms with van der Waals surface area (Å²) in [6, 6.07) is 21.9. The van der Waals surface area contributed by atoms with Gasteiger partial charge in [0.25, 0.3) is 0 Å². The summed E-state index contributed by atoms with van der Waals surface area (Å²) in [6.45, 7) is 2.61. The van der Waals surface area contributed by atoms with Gasteiger partial charge in [0.2, 0.25) is 5.91 Å². The summed E-state index contributed by atoms with van der Waals surface area (Å²) in [4.78, 5) is 12.2. The van der Waals surface area contributed by atoms with Crippen molar-refractivity contribution in [3.8, 4) is 0 Å². The van der Waals surface area contributed by atoms with E-state index in [0.29, 0.717) is 13.0 Å². The Bertz CT molecular complexity index is 873. The number of aryl methyl sites for hydroxylation is 1. The van der Waals surface area contributed by atoms with Gasteiger partial charge in [-0.1, -0.05) is 36.4 Å². The Morgan fingerprint density at radius 3 is 2.27 bits per heavy atom. The normalized spacial score (nSPS) is 10.4. The largest absolute Gasteiger partial charge is 0.381 e. The van der Waals surface area contributed by atoms with Crippen molar-refractivity contribution in [3.63, 3.8) is 0 Å². The maximum absolute atomic E-state index is 12.9. The van der Waals surface area contributed by atoms with Gasteiger partial charge in [0.15, 0.2) is 0 Å². The molecule has 3 aromatic carbocycles. The van der Waals surface area contributed by atoms with Gasteiger partial charge in [-0.05, 0) is 60.0 Å². The van der Waals surface area contributed by atoms with Gasteiger partial charge in [-0.15, -0.1) is 0 Å². The molecule has 0 unspecified atom stereocenters. The molecule has 26 heavy (non-hydrogen) atoms. The van der Waals surface area contributed by atoms with Crippen LogP contribution in [-0.2, 0) is 17.8 Å². The van der Waals surface area contributed by atoms with E-state index in [4.69, 9.17) is 0 Å². The minimum Gasteiger partial charge on any atom is -0.381 e. The Morgan fingerprint density at radius 2 is 1.58 bits per heavy atom. The summed E-state index contributed by atoms with van der Waals surface area (Å²) in [6.07, 6.45) is 0.326. The average molecular weight is 348 g/mol. The fourth-order valence-corrected chi connectivity index (χ4v) is 2.66. The smallest absolute Gasteiger partial charge is 0.228 e. The van der Waals surface area contributed by atoms with Crippen molar-refractivity contribution in [3.05, 3.63) is 95.3 Å². The molecule has 2 N–H and O–H groups in total. The minimum absolute atomic E-state index is 0.0392.